The molecule has 2 aromatic heterocycles. The minimum Gasteiger partial charge on any atom is -0.454 e. The van der Waals surface area contributed by atoms with Gasteiger partial charge in [0.2, 0.25) is 18.6 Å². The van der Waals surface area contributed by atoms with Crippen LogP contribution in [0.5, 0.6) is 11.5 Å². The lowest BCUT2D eigenvalue weighted by atomic mass is 10.1. The van der Waals surface area contributed by atoms with Gasteiger partial charge in [-0.25, -0.2) is 14.8 Å². The Morgan fingerprint density at radius 2 is 2.15 bits per heavy atom. The quantitative estimate of drug-likeness (QED) is 0.523. The van der Waals surface area contributed by atoms with E-state index in [9.17, 15) is 9.59 Å². The minimum absolute atomic E-state index is 0.0884. The summed E-state index contributed by atoms with van der Waals surface area (Å²) in [5.41, 5.74) is 1.22. The Balaban J connectivity index is 1.25. The molecule has 1 unspecified atom stereocenters. The van der Waals surface area contributed by atoms with Crippen LogP contribution in [0.1, 0.15) is 12.0 Å². The summed E-state index contributed by atoms with van der Waals surface area (Å²) in [5.74, 6) is 4.16. The summed E-state index contributed by atoms with van der Waals surface area (Å²) < 4.78 is 12.4. The van der Waals surface area contributed by atoms with Crippen molar-refractivity contribution in [3.05, 3.63) is 60.4 Å². The summed E-state index contributed by atoms with van der Waals surface area (Å²) in [6, 6.07) is 6.77. The molecule has 4 heterocycles. The fourth-order valence-electron chi connectivity index (χ4n) is 3.79. The van der Waals surface area contributed by atoms with Crippen molar-refractivity contribution in [2.24, 2.45) is 0 Å². The Hall–Kier alpha value is -4.21. The number of nitrogens with one attached hydrogen (secondary N) is 2. The lowest BCUT2D eigenvalue weighted by Crippen LogP contribution is -2.51. The fourth-order valence-corrected chi connectivity index (χ4v) is 3.79. The minimum atomic E-state index is -0.486. The van der Waals surface area contributed by atoms with E-state index in [0.717, 1.165) is 5.56 Å². The first-order valence-electron chi connectivity index (χ1n) is 10.4. The molecule has 1 saturated heterocycles. The molecular weight excluding hydrogens is 426 g/mol. The van der Waals surface area contributed by atoms with Crippen LogP contribution < -0.4 is 25.0 Å². The average Bonchev–Trinajstić information content (AvgIpc) is 3.55. The fraction of sp³-hybridized carbons (Fsp3) is 0.273. The molecular formula is C22H21N7O4. The van der Waals surface area contributed by atoms with Crippen molar-refractivity contribution in [2.75, 3.05) is 24.8 Å². The van der Waals surface area contributed by atoms with E-state index >= 15 is 0 Å². The number of aromatic nitrogens is 4. The first-order valence-corrected chi connectivity index (χ1v) is 10.4. The molecule has 0 bridgehead atoms. The maximum absolute atomic E-state index is 12.6. The van der Waals surface area contributed by atoms with Crippen LogP contribution >= 0.6 is 0 Å². The van der Waals surface area contributed by atoms with Gasteiger partial charge in [0.25, 0.3) is 0 Å². The third kappa shape index (κ3) is 4.40. The number of ether oxygens (including phenoxy) is 2. The van der Waals surface area contributed by atoms with Gasteiger partial charge in [0, 0.05) is 44.6 Å². The van der Waals surface area contributed by atoms with E-state index in [1.165, 1.54) is 0 Å². The van der Waals surface area contributed by atoms with Gasteiger partial charge in [-0.2, -0.15) is 4.98 Å². The number of fused-ring (bicyclic) bond motifs is 1. The normalized spacial score (nSPS) is 17.0. The van der Waals surface area contributed by atoms with E-state index in [4.69, 9.17) is 9.47 Å². The summed E-state index contributed by atoms with van der Waals surface area (Å²) in [6.07, 6.45) is 6.68. The summed E-state index contributed by atoms with van der Waals surface area (Å²) in [5, 5.41) is 6.12. The molecule has 2 aliphatic rings. The van der Waals surface area contributed by atoms with Crippen LogP contribution in [0.4, 0.5) is 5.82 Å². The molecule has 1 atom stereocenters. The number of carbonyl (C=O) groups excluding carboxylic acids is 2. The molecule has 1 aromatic carbocycles. The number of anilines is 1. The molecule has 1 fully saturated rings. The standard InChI is InChI=1S/C22H21N7O4/c30-12-17-16(10-21(31)26-11-15-1-2-18-19(9-15)33-14-32-18)24-6-8-29(17)20-3-4-25-22(27-20)28-7-5-23-13-28/h1-5,7,9,13,16,24H,6,8,10-11,14H2,(H,26,31). The first kappa shape index (κ1) is 20.7. The zero-order valence-corrected chi connectivity index (χ0v) is 17.6. The van der Waals surface area contributed by atoms with E-state index < -0.39 is 6.04 Å². The number of amides is 1. The van der Waals surface area contributed by atoms with Gasteiger partial charge >= 0.3 is 0 Å². The maximum atomic E-state index is 12.6. The number of imidazole rings is 1. The van der Waals surface area contributed by atoms with Crippen LogP contribution in [0.2, 0.25) is 0 Å². The number of hydrogen-bond acceptors (Lipinski definition) is 9. The van der Waals surface area contributed by atoms with Gasteiger partial charge in [-0.05, 0) is 23.8 Å². The van der Waals surface area contributed by atoms with Gasteiger partial charge in [-0.3, -0.25) is 9.36 Å². The molecule has 2 aliphatic heterocycles. The Bertz CT molecular complexity index is 1210. The molecule has 0 radical (unpaired) electrons. The summed E-state index contributed by atoms with van der Waals surface area (Å²) in [7, 11) is 0. The topological polar surface area (TPSA) is 124 Å². The average molecular weight is 447 g/mol. The highest BCUT2D eigenvalue weighted by atomic mass is 16.7. The van der Waals surface area contributed by atoms with Crippen LogP contribution in [0, 0.1) is 0 Å². The van der Waals surface area contributed by atoms with Crippen molar-refractivity contribution < 1.29 is 19.1 Å². The largest absolute Gasteiger partial charge is 0.454 e. The van der Waals surface area contributed by atoms with Gasteiger partial charge in [-0.1, -0.05) is 6.07 Å². The van der Waals surface area contributed by atoms with Crippen molar-refractivity contribution in [1.82, 2.24) is 30.2 Å². The number of nitrogens with zero attached hydrogens (tertiary/aromatic N) is 5. The number of piperazine rings is 1. The Kier molecular flexibility index (Phi) is 5.71. The highest BCUT2D eigenvalue weighted by molar-refractivity contribution is 5.78. The van der Waals surface area contributed by atoms with Crippen LogP contribution in [-0.4, -0.2) is 57.3 Å². The van der Waals surface area contributed by atoms with Crippen molar-refractivity contribution in [1.29, 1.82) is 0 Å². The van der Waals surface area contributed by atoms with E-state index in [2.05, 4.69) is 25.6 Å². The zero-order chi connectivity index (χ0) is 22.6. The highest BCUT2D eigenvalue weighted by Crippen LogP contribution is 2.32. The van der Waals surface area contributed by atoms with Gasteiger partial charge < -0.3 is 25.0 Å². The molecule has 11 heteroatoms. The van der Waals surface area contributed by atoms with E-state index in [0.29, 0.717) is 48.6 Å². The van der Waals surface area contributed by atoms with E-state index in [1.54, 1.807) is 40.5 Å². The summed E-state index contributed by atoms with van der Waals surface area (Å²) in [6.45, 7) is 1.63. The van der Waals surface area contributed by atoms with E-state index in [-0.39, 0.29) is 19.1 Å². The molecule has 0 spiro atoms. The second-order valence-corrected chi connectivity index (χ2v) is 7.50. The number of hydrogen-bond donors (Lipinski definition) is 2. The van der Waals surface area contributed by atoms with Crippen molar-refractivity contribution in [3.63, 3.8) is 0 Å². The summed E-state index contributed by atoms with van der Waals surface area (Å²) >= 11 is 0. The third-order valence-corrected chi connectivity index (χ3v) is 5.41. The molecule has 3 aromatic rings. The van der Waals surface area contributed by atoms with E-state index in [1.807, 2.05) is 24.1 Å². The second kappa shape index (κ2) is 9.11. The second-order valence-electron chi connectivity index (χ2n) is 7.50. The van der Waals surface area contributed by atoms with Gasteiger partial charge in [-0.15, -0.1) is 0 Å². The van der Waals surface area contributed by atoms with Crippen LogP contribution in [0.3, 0.4) is 0 Å². The molecule has 168 valence electrons. The number of rotatable bonds is 6. The molecule has 0 saturated carbocycles. The Morgan fingerprint density at radius 3 is 3.00 bits per heavy atom. The van der Waals surface area contributed by atoms with Crippen LogP contribution in [0.15, 0.2) is 54.9 Å². The zero-order valence-electron chi connectivity index (χ0n) is 17.6. The smallest absolute Gasteiger partial charge is 0.236 e. The Morgan fingerprint density at radius 1 is 1.24 bits per heavy atom. The Labute approximate surface area is 189 Å². The molecule has 0 aliphatic carbocycles. The van der Waals surface area contributed by atoms with Crippen molar-refractivity contribution in [2.45, 2.75) is 19.0 Å². The van der Waals surface area contributed by atoms with Gasteiger partial charge in [0.15, 0.2) is 11.5 Å². The maximum Gasteiger partial charge on any atom is 0.236 e. The SMILES string of the molecule is O=C=C1C(CC(=O)NCc2ccc3c(c2)OCO3)NCCN1c1ccnc(-n2ccnc2)n1. The predicted molar refractivity (Wildman–Crippen MR) is 117 cm³/mol. The third-order valence-electron chi connectivity index (χ3n) is 5.41. The molecule has 2 N–H and O–H groups in total. The molecule has 33 heavy (non-hydrogen) atoms. The first-order chi connectivity index (χ1) is 16.2. The molecule has 1 amide bonds. The highest BCUT2D eigenvalue weighted by Gasteiger charge is 2.29. The monoisotopic (exact) mass is 447 g/mol. The molecule has 11 nitrogen and oxygen atoms in total. The van der Waals surface area contributed by atoms with Crippen LogP contribution in [0.25, 0.3) is 5.95 Å². The lowest BCUT2D eigenvalue weighted by molar-refractivity contribution is -0.121. The lowest BCUT2D eigenvalue weighted by Gasteiger charge is -2.34. The molecule has 5 rings (SSSR count). The summed E-state index contributed by atoms with van der Waals surface area (Å²) in [4.78, 5) is 39.1. The van der Waals surface area contributed by atoms with Crippen molar-refractivity contribution in [3.8, 4) is 17.4 Å². The number of carbonyl (C=O) groups is 1. The number of benzene rings is 1. The van der Waals surface area contributed by atoms with Gasteiger partial charge in [0.1, 0.15) is 23.8 Å². The van der Waals surface area contributed by atoms with Crippen molar-refractivity contribution >= 4 is 17.7 Å². The van der Waals surface area contributed by atoms with Gasteiger partial charge in [0.05, 0.1) is 6.04 Å². The predicted octanol–water partition coefficient (Wildman–Crippen LogP) is 0.591. The van der Waals surface area contributed by atoms with Crippen LogP contribution in [-0.2, 0) is 16.1 Å².